The first-order valence-electron chi connectivity index (χ1n) is 6.86. The smallest absolute Gasteiger partial charge is 0.303 e. The van der Waals surface area contributed by atoms with Gasteiger partial charge in [-0.15, -0.1) is 10.2 Å². The van der Waals surface area contributed by atoms with Gasteiger partial charge in [-0.2, -0.15) is 0 Å². The van der Waals surface area contributed by atoms with Crippen molar-refractivity contribution in [3.63, 3.8) is 0 Å². The molecule has 0 atom stereocenters. The van der Waals surface area contributed by atoms with Crippen LogP contribution >= 0.6 is 15.9 Å². The fraction of sp³-hybridized carbons (Fsp3) is 0.500. The molecule has 1 aliphatic carbocycles. The number of rotatable bonds is 5. The molecule has 0 aliphatic heterocycles. The van der Waals surface area contributed by atoms with E-state index in [0.717, 1.165) is 25.7 Å². The second kappa shape index (κ2) is 5.63. The highest BCUT2D eigenvalue weighted by molar-refractivity contribution is 9.10. The number of aliphatic carboxylic acids is 1. The highest BCUT2D eigenvalue weighted by Crippen LogP contribution is 2.43. The van der Waals surface area contributed by atoms with Gasteiger partial charge in [-0.1, -0.05) is 12.8 Å². The third-order valence-corrected chi connectivity index (χ3v) is 4.39. The van der Waals surface area contributed by atoms with E-state index in [1.165, 1.54) is 0 Å². The lowest BCUT2D eigenvalue weighted by Crippen LogP contribution is -2.23. The first-order valence-corrected chi connectivity index (χ1v) is 7.66. The lowest BCUT2D eigenvalue weighted by molar-refractivity contribution is -0.139. The topological polar surface area (TPSA) is 89.4 Å². The lowest BCUT2D eigenvalue weighted by atomic mass is 9.79. The fourth-order valence-corrected chi connectivity index (χ4v) is 3.34. The molecule has 112 valence electrons. The zero-order valence-corrected chi connectivity index (χ0v) is 12.9. The van der Waals surface area contributed by atoms with E-state index in [1.807, 2.05) is 0 Å². The van der Waals surface area contributed by atoms with Gasteiger partial charge in [0.1, 0.15) is 0 Å². The minimum Gasteiger partial charge on any atom is -0.481 e. The lowest BCUT2D eigenvalue weighted by Gasteiger charge is -2.24. The summed E-state index contributed by atoms with van der Waals surface area (Å²) in [6.45, 7) is 0. The first kappa shape index (κ1) is 14.3. The Balaban J connectivity index is 1.78. The van der Waals surface area contributed by atoms with Crippen LogP contribution in [0.25, 0.3) is 11.7 Å². The van der Waals surface area contributed by atoms with Crippen molar-refractivity contribution in [1.82, 2.24) is 10.2 Å². The summed E-state index contributed by atoms with van der Waals surface area (Å²) in [6, 6.07) is 3.49. The molecule has 7 heteroatoms. The summed E-state index contributed by atoms with van der Waals surface area (Å²) >= 11 is 3.22. The second-order valence-electron chi connectivity index (χ2n) is 5.56. The zero-order valence-electron chi connectivity index (χ0n) is 11.3. The number of halogens is 1. The van der Waals surface area contributed by atoms with E-state index < -0.39 is 5.97 Å². The Morgan fingerprint density at radius 1 is 1.29 bits per heavy atom. The molecular formula is C14H15BrN2O4. The van der Waals surface area contributed by atoms with E-state index in [-0.39, 0.29) is 11.8 Å². The van der Waals surface area contributed by atoms with Crippen molar-refractivity contribution in [3.8, 4) is 11.7 Å². The molecule has 2 aromatic heterocycles. The number of carbonyl (C=O) groups is 1. The number of hydrogen-bond acceptors (Lipinski definition) is 5. The number of carboxylic acid groups (broad SMARTS) is 1. The molecule has 0 amide bonds. The highest BCUT2D eigenvalue weighted by Gasteiger charge is 2.37. The number of aromatic nitrogens is 2. The van der Waals surface area contributed by atoms with E-state index in [0.29, 0.717) is 28.6 Å². The number of hydrogen-bond donors (Lipinski definition) is 1. The van der Waals surface area contributed by atoms with Gasteiger partial charge in [0.2, 0.25) is 5.89 Å². The van der Waals surface area contributed by atoms with Crippen molar-refractivity contribution in [2.45, 2.75) is 38.5 Å². The van der Waals surface area contributed by atoms with Crippen molar-refractivity contribution in [1.29, 1.82) is 0 Å². The summed E-state index contributed by atoms with van der Waals surface area (Å²) in [5, 5.41) is 17.1. The Morgan fingerprint density at radius 2 is 2.05 bits per heavy atom. The predicted molar refractivity (Wildman–Crippen MR) is 76.6 cm³/mol. The van der Waals surface area contributed by atoms with Gasteiger partial charge in [0.15, 0.2) is 10.4 Å². The van der Waals surface area contributed by atoms with Crippen molar-refractivity contribution >= 4 is 21.9 Å². The van der Waals surface area contributed by atoms with Gasteiger partial charge in [0.05, 0.1) is 6.42 Å². The predicted octanol–water partition coefficient (Wildman–Crippen LogP) is 3.67. The van der Waals surface area contributed by atoms with Crippen LogP contribution in [0, 0.1) is 5.41 Å². The Hall–Kier alpha value is -1.63. The molecule has 3 rings (SSSR count). The SMILES string of the molecule is O=C(O)CC1(Cc2nnc(-c3ccc(Br)o3)o2)CCCC1. The molecule has 1 saturated carbocycles. The van der Waals surface area contributed by atoms with Gasteiger partial charge in [-0.25, -0.2) is 0 Å². The molecule has 2 aromatic rings. The Kier molecular flexibility index (Phi) is 3.84. The standard InChI is InChI=1S/C14H15BrN2O4/c15-10-4-3-9(20-10)13-17-16-11(21-13)7-14(8-12(18)19)5-1-2-6-14/h3-4H,1-2,5-8H2,(H,18,19). The van der Waals surface area contributed by atoms with Crippen molar-refractivity contribution in [3.05, 3.63) is 22.7 Å². The molecule has 0 aromatic carbocycles. The zero-order chi connectivity index (χ0) is 14.9. The number of furan rings is 1. The summed E-state index contributed by atoms with van der Waals surface area (Å²) in [6.07, 6.45) is 4.55. The van der Waals surface area contributed by atoms with Crippen LogP contribution in [0.1, 0.15) is 38.0 Å². The molecule has 0 bridgehead atoms. The highest BCUT2D eigenvalue weighted by atomic mass is 79.9. The fourth-order valence-electron chi connectivity index (χ4n) is 3.04. The summed E-state index contributed by atoms with van der Waals surface area (Å²) in [5.74, 6) is 0.519. The summed E-state index contributed by atoms with van der Waals surface area (Å²) in [4.78, 5) is 11.1. The first-order chi connectivity index (χ1) is 10.1. The molecule has 6 nitrogen and oxygen atoms in total. The van der Waals surface area contributed by atoms with Crippen LogP contribution in [-0.2, 0) is 11.2 Å². The summed E-state index contributed by atoms with van der Waals surface area (Å²) < 4.78 is 11.6. The maximum atomic E-state index is 11.1. The maximum absolute atomic E-state index is 11.1. The molecule has 21 heavy (non-hydrogen) atoms. The van der Waals surface area contributed by atoms with Crippen LogP contribution in [0.4, 0.5) is 0 Å². The molecule has 1 fully saturated rings. The molecule has 1 aliphatic rings. The van der Waals surface area contributed by atoms with Gasteiger partial charge in [-0.3, -0.25) is 4.79 Å². The van der Waals surface area contributed by atoms with E-state index in [1.54, 1.807) is 12.1 Å². The third-order valence-electron chi connectivity index (χ3n) is 3.97. The number of nitrogens with zero attached hydrogens (tertiary/aromatic N) is 2. The molecule has 0 spiro atoms. The largest absolute Gasteiger partial charge is 0.481 e. The Bertz CT molecular complexity index is 643. The van der Waals surface area contributed by atoms with E-state index in [2.05, 4.69) is 26.1 Å². The van der Waals surface area contributed by atoms with Crippen molar-refractivity contribution < 1.29 is 18.7 Å². The van der Waals surface area contributed by atoms with Crippen LogP contribution < -0.4 is 0 Å². The minimum atomic E-state index is -0.772. The van der Waals surface area contributed by atoms with Crippen LogP contribution in [-0.4, -0.2) is 21.3 Å². The van der Waals surface area contributed by atoms with E-state index >= 15 is 0 Å². The monoisotopic (exact) mass is 354 g/mol. The van der Waals surface area contributed by atoms with Crippen LogP contribution in [0.2, 0.25) is 0 Å². The molecular weight excluding hydrogens is 340 g/mol. The molecule has 2 heterocycles. The van der Waals surface area contributed by atoms with Crippen LogP contribution in [0.3, 0.4) is 0 Å². The molecule has 0 radical (unpaired) electrons. The van der Waals surface area contributed by atoms with E-state index in [9.17, 15) is 4.79 Å². The number of carboxylic acids is 1. The third kappa shape index (κ3) is 3.18. The Labute approximate surface area is 129 Å². The van der Waals surface area contributed by atoms with Crippen molar-refractivity contribution in [2.24, 2.45) is 5.41 Å². The van der Waals surface area contributed by atoms with Gasteiger partial charge in [0, 0.05) is 6.42 Å². The van der Waals surface area contributed by atoms with E-state index in [4.69, 9.17) is 13.9 Å². The van der Waals surface area contributed by atoms with Crippen LogP contribution in [0.15, 0.2) is 25.6 Å². The average Bonchev–Trinajstić information content (AvgIpc) is 3.11. The maximum Gasteiger partial charge on any atom is 0.303 e. The van der Waals surface area contributed by atoms with Crippen molar-refractivity contribution in [2.75, 3.05) is 0 Å². The van der Waals surface area contributed by atoms with Gasteiger partial charge in [-0.05, 0) is 46.3 Å². The molecule has 1 N–H and O–H groups in total. The van der Waals surface area contributed by atoms with Gasteiger partial charge >= 0.3 is 5.97 Å². The minimum absolute atomic E-state index is 0.150. The normalized spacial score (nSPS) is 17.2. The Morgan fingerprint density at radius 3 is 2.67 bits per heavy atom. The van der Waals surface area contributed by atoms with Gasteiger partial charge in [0.25, 0.3) is 5.89 Å². The van der Waals surface area contributed by atoms with Gasteiger partial charge < -0.3 is 13.9 Å². The molecule has 0 unspecified atom stereocenters. The van der Waals surface area contributed by atoms with Crippen LogP contribution in [0.5, 0.6) is 0 Å². The average molecular weight is 355 g/mol. The summed E-state index contributed by atoms with van der Waals surface area (Å²) in [5.41, 5.74) is -0.251. The molecule has 0 saturated heterocycles. The summed E-state index contributed by atoms with van der Waals surface area (Å²) in [7, 11) is 0. The quantitative estimate of drug-likeness (QED) is 0.880. The second-order valence-corrected chi connectivity index (χ2v) is 6.34.